The first-order valence-corrected chi connectivity index (χ1v) is 7.66. The standard InChI is InChI=1S/C14H14N6OS/c1-2-11-7-22-13(19-11)6-16-14(21)10-3-4-15-12(5-10)20-8-17-18-9-20/h3-5,7-9H,2,6H2,1H3,(H,16,21). The summed E-state index contributed by atoms with van der Waals surface area (Å²) in [7, 11) is 0. The van der Waals surface area contributed by atoms with Gasteiger partial charge >= 0.3 is 0 Å². The summed E-state index contributed by atoms with van der Waals surface area (Å²) in [5.41, 5.74) is 1.58. The third-order valence-electron chi connectivity index (χ3n) is 3.05. The van der Waals surface area contributed by atoms with E-state index in [2.05, 4.69) is 32.4 Å². The van der Waals surface area contributed by atoms with E-state index in [4.69, 9.17) is 0 Å². The van der Waals surface area contributed by atoms with E-state index in [0.717, 1.165) is 17.1 Å². The molecule has 1 N–H and O–H groups in total. The fourth-order valence-electron chi connectivity index (χ4n) is 1.87. The highest BCUT2D eigenvalue weighted by atomic mass is 32.1. The van der Waals surface area contributed by atoms with Crippen molar-refractivity contribution in [2.45, 2.75) is 19.9 Å². The molecule has 22 heavy (non-hydrogen) atoms. The summed E-state index contributed by atoms with van der Waals surface area (Å²) < 4.78 is 1.64. The maximum atomic E-state index is 12.2. The Hall–Kier alpha value is -2.61. The van der Waals surface area contributed by atoms with Gasteiger partial charge in [-0.05, 0) is 18.6 Å². The van der Waals surface area contributed by atoms with Crippen molar-refractivity contribution in [1.82, 2.24) is 30.0 Å². The summed E-state index contributed by atoms with van der Waals surface area (Å²) in [5.74, 6) is 0.435. The number of amides is 1. The second kappa shape index (κ2) is 6.44. The second-order valence-corrected chi connectivity index (χ2v) is 5.48. The maximum Gasteiger partial charge on any atom is 0.251 e. The number of nitrogens with zero attached hydrogens (tertiary/aromatic N) is 5. The number of pyridine rings is 1. The van der Waals surface area contributed by atoms with Gasteiger partial charge in [-0.15, -0.1) is 21.5 Å². The van der Waals surface area contributed by atoms with Crippen LogP contribution in [0.2, 0.25) is 0 Å². The highest BCUT2D eigenvalue weighted by molar-refractivity contribution is 7.09. The molecule has 3 rings (SSSR count). The number of aromatic nitrogens is 5. The molecule has 0 radical (unpaired) electrons. The van der Waals surface area contributed by atoms with Gasteiger partial charge in [0.2, 0.25) is 0 Å². The minimum absolute atomic E-state index is 0.162. The number of thiazole rings is 1. The summed E-state index contributed by atoms with van der Waals surface area (Å²) >= 11 is 1.55. The lowest BCUT2D eigenvalue weighted by Gasteiger charge is -2.05. The average molecular weight is 314 g/mol. The predicted molar refractivity (Wildman–Crippen MR) is 81.8 cm³/mol. The number of hydrogen-bond donors (Lipinski definition) is 1. The first kappa shape index (κ1) is 14.3. The van der Waals surface area contributed by atoms with Crippen LogP contribution in [-0.4, -0.2) is 30.6 Å². The van der Waals surface area contributed by atoms with E-state index in [-0.39, 0.29) is 5.91 Å². The first-order valence-electron chi connectivity index (χ1n) is 6.79. The van der Waals surface area contributed by atoms with E-state index in [9.17, 15) is 4.79 Å². The maximum absolute atomic E-state index is 12.2. The molecule has 7 nitrogen and oxygen atoms in total. The van der Waals surface area contributed by atoms with Gasteiger partial charge in [-0.3, -0.25) is 9.36 Å². The van der Waals surface area contributed by atoms with Gasteiger partial charge in [0.1, 0.15) is 23.5 Å². The molecule has 8 heteroatoms. The van der Waals surface area contributed by atoms with Crippen LogP contribution in [0.3, 0.4) is 0 Å². The SMILES string of the molecule is CCc1csc(CNC(=O)c2ccnc(-n3cnnc3)c2)n1. The van der Waals surface area contributed by atoms with Crippen LogP contribution in [0.25, 0.3) is 5.82 Å². The van der Waals surface area contributed by atoms with Gasteiger partial charge in [-0.25, -0.2) is 9.97 Å². The van der Waals surface area contributed by atoms with Crippen LogP contribution in [0.1, 0.15) is 28.0 Å². The van der Waals surface area contributed by atoms with Crippen molar-refractivity contribution >= 4 is 17.2 Å². The average Bonchev–Trinajstić information content (AvgIpc) is 3.24. The molecule has 3 aromatic heterocycles. The molecule has 0 aliphatic carbocycles. The Balaban J connectivity index is 1.68. The molecule has 0 aromatic carbocycles. The lowest BCUT2D eigenvalue weighted by atomic mass is 10.2. The van der Waals surface area contributed by atoms with Crippen molar-refractivity contribution in [3.63, 3.8) is 0 Å². The summed E-state index contributed by atoms with van der Waals surface area (Å²) in [5, 5.41) is 13.2. The molecule has 0 aliphatic rings. The molecular weight excluding hydrogens is 300 g/mol. The Morgan fingerprint density at radius 2 is 2.18 bits per heavy atom. The van der Waals surface area contributed by atoms with Crippen molar-refractivity contribution in [3.8, 4) is 5.82 Å². The molecule has 3 aromatic rings. The Kier molecular flexibility index (Phi) is 4.19. The summed E-state index contributed by atoms with van der Waals surface area (Å²) in [6.45, 7) is 2.48. The van der Waals surface area contributed by atoms with Crippen molar-refractivity contribution < 1.29 is 4.79 Å². The molecule has 1 amide bonds. The van der Waals surface area contributed by atoms with Gasteiger partial charge in [0.25, 0.3) is 5.91 Å². The third kappa shape index (κ3) is 3.17. The molecule has 0 bridgehead atoms. The molecule has 3 heterocycles. The topological polar surface area (TPSA) is 85.6 Å². The lowest BCUT2D eigenvalue weighted by Crippen LogP contribution is -2.23. The first-order chi connectivity index (χ1) is 10.8. The molecule has 0 saturated carbocycles. The zero-order valence-electron chi connectivity index (χ0n) is 11.9. The normalized spacial score (nSPS) is 10.6. The van der Waals surface area contributed by atoms with Gasteiger partial charge in [0.15, 0.2) is 0 Å². The molecule has 0 aliphatic heterocycles. The zero-order valence-corrected chi connectivity index (χ0v) is 12.7. The molecule has 112 valence electrons. The fourth-order valence-corrected chi connectivity index (χ4v) is 2.69. The summed E-state index contributed by atoms with van der Waals surface area (Å²) in [6.07, 6.45) is 5.55. The Labute approximate surface area is 131 Å². The monoisotopic (exact) mass is 314 g/mol. The number of carbonyl (C=O) groups is 1. The Morgan fingerprint density at radius 1 is 1.36 bits per heavy atom. The van der Waals surface area contributed by atoms with Gasteiger partial charge < -0.3 is 5.32 Å². The van der Waals surface area contributed by atoms with E-state index in [0.29, 0.717) is 17.9 Å². The molecular formula is C14H14N6OS. The van der Waals surface area contributed by atoms with E-state index in [1.807, 2.05) is 5.38 Å². The van der Waals surface area contributed by atoms with E-state index in [1.165, 1.54) is 12.7 Å². The lowest BCUT2D eigenvalue weighted by molar-refractivity contribution is 0.0950. The fraction of sp³-hybridized carbons (Fsp3) is 0.214. The molecule has 0 spiro atoms. The highest BCUT2D eigenvalue weighted by Gasteiger charge is 2.09. The van der Waals surface area contributed by atoms with E-state index < -0.39 is 0 Å². The van der Waals surface area contributed by atoms with E-state index in [1.54, 1.807) is 34.2 Å². The molecule has 0 saturated heterocycles. The number of hydrogen-bond acceptors (Lipinski definition) is 6. The molecule has 0 atom stereocenters. The van der Waals surface area contributed by atoms with Crippen LogP contribution in [0, 0.1) is 0 Å². The van der Waals surface area contributed by atoms with Gasteiger partial charge in [-0.2, -0.15) is 0 Å². The van der Waals surface area contributed by atoms with Gasteiger partial charge in [0.05, 0.1) is 12.2 Å². The van der Waals surface area contributed by atoms with Crippen LogP contribution in [0.4, 0.5) is 0 Å². The minimum atomic E-state index is -0.162. The highest BCUT2D eigenvalue weighted by Crippen LogP contribution is 2.11. The third-order valence-corrected chi connectivity index (χ3v) is 3.95. The predicted octanol–water partition coefficient (Wildman–Crippen LogP) is 1.61. The Bertz CT molecular complexity index is 767. The second-order valence-electron chi connectivity index (χ2n) is 4.54. The molecule has 0 unspecified atom stereocenters. The van der Waals surface area contributed by atoms with Crippen LogP contribution in [0.15, 0.2) is 36.4 Å². The largest absolute Gasteiger partial charge is 0.346 e. The van der Waals surface area contributed by atoms with Crippen molar-refractivity contribution in [2.24, 2.45) is 0 Å². The van der Waals surface area contributed by atoms with Crippen molar-refractivity contribution in [2.75, 3.05) is 0 Å². The number of nitrogens with one attached hydrogen (secondary N) is 1. The minimum Gasteiger partial charge on any atom is -0.346 e. The van der Waals surface area contributed by atoms with Crippen LogP contribution >= 0.6 is 11.3 Å². The van der Waals surface area contributed by atoms with Crippen molar-refractivity contribution in [1.29, 1.82) is 0 Å². The van der Waals surface area contributed by atoms with E-state index >= 15 is 0 Å². The van der Waals surface area contributed by atoms with Crippen molar-refractivity contribution in [3.05, 3.63) is 52.6 Å². The summed E-state index contributed by atoms with van der Waals surface area (Å²) in [4.78, 5) is 20.8. The zero-order chi connectivity index (χ0) is 15.4. The van der Waals surface area contributed by atoms with Gasteiger partial charge in [-0.1, -0.05) is 6.92 Å². The quantitative estimate of drug-likeness (QED) is 0.773. The van der Waals surface area contributed by atoms with Crippen LogP contribution < -0.4 is 5.32 Å². The van der Waals surface area contributed by atoms with Gasteiger partial charge in [0, 0.05) is 17.1 Å². The number of carbonyl (C=O) groups excluding carboxylic acids is 1. The van der Waals surface area contributed by atoms with Crippen LogP contribution in [0.5, 0.6) is 0 Å². The summed E-state index contributed by atoms with van der Waals surface area (Å²) in [6, 6.07) is 3.36. The molecule has 0 fully saturated rings. The Morgan fingerprint density at radius 3 is 2.91 bits per heavy atom. The van der Waals surface area contributed by atoms with Crippen LogP contribution in [-0.2, 0) is 13.0 Å². The smallest absolute Gasteiger partial charge is 0.251 e. The number of rotatable bonds is 5. The number of aryl methyl sites for hydroxylation is 1.